The van der Waals surface area contributed by atoms with Gasteiger partial charge in [-0.2, -0.15) is 5.10 Å². The van der Waals surface area contributed by atoms with Crippen molar-refractivity contribution in [3.05, 3.63) is 72.7 Å². The Morgan fingerprint density at radius 3 is 2.72 bits per heavy atom. The normalized spacial score (nSPS) is 10.8. The van der Waals surface area contributed by atoms with Crippen molar-refractivity contribution in [1.29, 1.82) is 0 Å². The molecule has 1 aromatic carbocycles. The van der Waals surface area contributed by atoms with Crippen LogP contribution in [0.25, 0.3) is 28.2 Å². The molecule has 1 amide bonds. The van der Waals surface area contributed by atoms with Crippen LogP contribution in [0.3, 0.4) is 0 Å². The lowest BCUT2D eigenvalue weighted by molar-refractivity contribution is 0.0963. The van der Waals surface area contributed by atoms with Gasteiger partial charge in [-0.05, 0) is 18.2 Å². The molecule has 0 spiro atoms. The fourth-order valence-corrected chi connectivity index (χ4v) is 2.68. The van der Waals surface area contributed by atoms with E-state index in [1.807, 2.05) is 42.6 Å². The first-order chi connectivity index (χ1) is 12.3. The Kier molecular flexibility index (Phi) is 3.70. The van der Waals surface area contributed by atoms with Gasteiger partial charge in [0.15, 0.2) is 5.65 Å². The van der Waals surface area contributed by atoms with Crippen LogP contribution in [0.2, 0.25) is 0 Å². The molecule has 0 radical (unpaired) electrons. The molecule has 3 heterocycles. The SMILES string of the molecule is CNC(=O)c1ccnc(-c2cnn3ccc(-c4ccccc4)nc23)c1. The Morgan fingerprint density at radius 1 is 1.08 bits per heavy atom. The molecule has 0 saturated carbocycles. The molecule has 0 saturated heterocycles. The lowest BCUT2D eigenvalue weighted by Gasteiger charge is -2.04. The van der Waals surface area contributed by atoms with Crippen molar-refractivity contribution in [3.8, 4) is 22.5 Å². The van der Waals surface area contributed by atoms with Crippen molar-refractivity contribution in [1.82, 2.24) is 24.9 Å². The largest absolute Gasteiger partial charge is 0.355 e. The minimum Gasteiger partial charge on any atom is -0.355 e. The van der Waals surface area contributed by atoms with E-state index in [-0.39, 0.29) is 5.91 Å². The number of carbonyl (C=O) groups is 1. The molecule has 122 valence electrons. The molecule has 1 N–H and O–H groups in total. The van der Waals surface area contributed by atoms with Crippen molar-refractivity contribution in [2.45, 2.75) is 0 Å². The lowest BCUT2D eigenvalue weighted by Crippen LogP contribution is -2.17. The van der Waals surface area contributed by atoms with Gasteiger partial charge in [0.1, 0.15) is 0 Å². The van der Waals surface area contributed by atoms with Crippen LogP contribution in [-0.4, -0.2) is 32.5 Å². The highest BCUT2D eigenvalue weighted by atomic mass is 16.1. The van der Waals surface area contributed by atoms with Crippen LogP contribution in [0.1, 0.15) is 10.4 Å². The van der Waals surface area contributed by atoms with E-state index < -0.39 is 0 Å². The molecule has 4 rings (SSSR count). The Morgan fingerprint density at radius 2 is 1.92 bits per heavy atom. The zero-order valence-electron chi connectivity index (χ0n) is 13.5. The number of nitrogens with one attached hydrogen (secondary N) is 1. The summed E-state index contributed by atoms with van der Waals surface area (Å²) < 4.78 is 1.70. The van der Waals surface area contributed by atoms with Crippen LogP contribution in [0.4, 0.5) is 0 Å². The summed E-state index contributed by atoms with van der Waals surface area (Å²) in [5.41, 5.74) is 4.58. The third kappa shape index (κ3) is 2.74. The highest BCUT2D eigenvalue weighted by molar-refractivity contribution is 5.95. The quantitative estimate of drug-likeness (QED) is 0.627. The number of hydrogen-bond acceptors (Lipinski definition) is 4. The van der Waals surface area contributed by atoms with Crippen LogP contribution < -0.4 is 5.32 Å². The molecule has 0 aliphatic rings. The molecule has 0 unspecified atom stereocenters. The summed E-state index contributed by atoms with van der Waals surface area (Å²) in [6.45, 7) is 0. The molecule has 0 fully saturated rings. The first kappa shape index (κ1) is 15.0. The summed E-state index contributed by atoms with van der Waals surface area (Å²) in [7, 11) is 1.60. The fraction of sp³-hybridized carbons (Fsp3) is 0.0526. The van der Waals surface area contributed by atoms with Gasteiger partial charge in [0.25, 0.3) is 5.91 Å². The zero-order chi connectivity index (χ0) is 17.2. The second-order valence-corrected chi connectivity index (χ2v) is 5.51. The van der Waals surface area contributed by atoms with Gasteiger partial charge in [-0.3, -0.25) is 9.78 Å². The molecular weight excluding hydrogens is 314 g/mol. The first-order valence-corrected chi connectivity index (χ1v) is 7.84. The second kappa shape index (κ2) is 6.16. The Bertz CT molecular complexity index is 1060. The fourth-order valence-electron chi connectivity index (χ4n) is 2.68. The molecule has 0 bridgehead atoms. The van der Waals surface area contributed by atoms with Crippen molar-refractivity contribution in [3.63, 3.8) is 0 Å². The number of fused-ring (bicyclic) bond motifs is 1. The van der Waals surface area contributed by atoms with E-state index in [0.717, 1.165) is 16.8 Å². The third-order valence-electron chi connectivity index (χ3n) is 3.96. The van der Waals surface area contributed by atoms with Crippen LogP contribution in [0.15, 0.2) is 67.1 Å². The zero-order valence-corrected chi connectivity index (χ0v) is 13.5. The van der Waals surface area contributed by atoms with Gasteiger partial charge in [-0.1, -0.05) is 30.3 Å². The van der Waals surface area contributed by atoms with Gasteiger partial charge in [0, 0.05) is 30.6 Å². The van der Waals surface area contributed by atoms with Gasteiger partial charge >= 0.3 is 0 Å². The van der Waals surface area contributed by atoms with Gasteiger partial charge < -0.3 is 5.32 Å². The maximum atomic E-state index is 11.9. The average molecular weight is 329 g/mol. The Balaban J connectivity index is 1.84. The smallest absolute Gasteiger partial charge is 0.251 e. The summed E-state index contributed by atoms with van der Waals surface area (Å²) in [4.78, 5) is 21.0. The number of carbonyl (C=O) groups excluding carboxylic acids is 1. The van der Waals surface area contributed by atoms with Crippen LogP contribution in [0.5, 0.6) is 0 Å². The molecule has 3 aromatic heterocycles. The predicted molar refractivity (Wildman–Crippen MR) is 95.0 cm³/mol. The number of rotatable bonds is 3. The molecule has 0 aliphatic carbocycles. The van der Waals surface area contributed by atoms with E-state index in [0.29, 0.717) is 16.9 Å². The molecule has 0 atom stereocenters. The predicted octanol–water partition coefficient (Wildman–Crippen LogP) is 2.82. The van der Waals surface area contributed by atoms with E-state index in [4.69, 9.17) is 4.98 Å². The Hall–Kier alpha value is -3.54. The lowest BCUT2D eigenvalue weighted by atomic mass is 10.1. The van der Waals surface area contributed by atoms with Crippen molar-refractivity contribution < 1.29 is 4.79 Å². The molecule has 0 aliphatic heterocycles. The van der Waals surface area contributed by atoms with Gasteiger partial charge in [0.2, 0.25) is 0 Å². The molecule has 6 heteroatoms. The number of pyridine rings is 1. The molecule has 25 heavy (non-hydrogen) atoms. The van der Waals surface area contributed by atoms with Crippen LogP contribution >= 0.6 is 0 Å². The third-order valence-corrected chi connectivity index (χ3v) is 3.96. The topological polar surface area (TPSA) is 72.2 Å². The monoisotopic (exact) mass is 329 g/mol. The van der Waals surface area contributed by atoms with Crippen molar-refractivity contribution in [2.75, 3.05) is 7.05 Å². The molecule has 4 aromatic rings. The van der Waals surface area contributed by atoms with E-state index in [9.17, 15) is 4.79 Å². The van der Waals surface area contributed by atoms with E-state index in [2.05, 4.69) is 15.4 Å². The maximum absolute atomic E-state index is 11.9. The highest BCUT2D eigenvalue weighted by Gasteiger charge is 2.13. The minimum atomic E-state index is -0.155. The van der Waals surface area contributed by atoms with Crippen molar-refractivity contribution in [2.24, 2.45) is 0 Å². The molecular formula is C19H15N5O. The summed E-state index contributed by atoms with van der Waals surface area (Å²) in [6.07, 6.45) is 5.20. The van der Waals surface area contributed by atoms with Crippen molar-refractivity contribution >= 4 is 11.6 Å². The van der Waals surface area contributed by atoms with Crippen LogP contribution in [-0.2, 0) is 0 Å². The van der Waals surface area contributed by atoms with Gasteiger partial charge in [0.05, 0.1) is 23.1 Å². The summed E-state index contributed by atoms with van der Waals surface area (Å²) >= 11 is 0. The summed E-state index contributed by atoms with van der Waals surface area (Å²) in [5, 5.41) is 6.96. The number of amides is 1. The standard InChI is InChI=1S/C19H15N5O/c1-20-19(25)14-7-9-21-17(11-14)15-12-22-24-10-8-16(23-18(15)24)13-5-3-2-4-6-13/h2-12H,1H3,(H,20,25). The second-order valence-electron chi connectivity index (χ2n) is 5.51. The minimum absolute atomic E-state index is 0.155. The number of hydrogen-bond donors (Lipinski definition) is 1. The number of nitrogens with zero attached hydrogens (tertiary/aromatic N) is 4. The summed E-state index contributed by atoms with van der Waals surface area (Å²) in [6, 6.07) is 15.3. The average Bonchev–Trinajstić information content (AvgIpc) is 3.11. The van der Waals surface area contributed by atoms with Crippen LogP contribution in [0, 0.1) is 0 Å². The molecule has 6 nitrogen and oxygen atoms in total. The van der Waals surface area contributed by atoms with E-state index in [1.54, 1.807) is 36.1 Å². The highest BCUT2D eigenvalue weighted by Crippen LogP contribution is 2.24. The number of benzene rings is 1. The Labute approximate surface area is 144 Å². The summed E-state index contributed by atoms with van der Waals surface area (Å²) in [5.74, 6) is -0.155. The van der Waals surface area contributed by atoms with E-state index in [1.165, 1.54) is 0 Å². The number of aromatic nitrogens is 4. The van der Waals surface area contributed by atoms with E-state index >= 15 is 0 Å². The van der Waals surface area contributed by atoms with Gasteiger partial charge in [-0.25, -0.2) is 9.50 Å². The van der Waals surface area contributed by atoms with Gasteiger partial charge in [-0.15, -0.1) is 0 Å². The first-order valence-electron chi connectivity index (χ1n) is 7.84. The maximum Gasteiger partial charge on any atom is 0.251 e.